The van der Waals surface area contributed by atoms with Crippen molar-refractivity contribution in [1.82, 2.24) is 19.7 Å². The maximum absolute atomic E-state index is 10.8. The number of carbonyl (C=O) groups excluding carboxylic acids is 1. The molecule has 0 bridgehead atoms. The van der Waals surface area contributed by atoms with Gasteiger partial charge in [0.1, 0.15) is 23.5 Å². The summed E-state index contributed by atoms with van der Waals surface area (Å²) in [6.07, 6.45) is 3.38. The van der Waals surface area contributed by atoms with Crippen LogP contribution in [-0.2, 0) is 16.1 Å². The molecule has 3 aromatic rings. The summed E-state index contributed by atoms with van der Waals surface area (Å²) in [5.41, 5.74) is 14.3. The predicted molar refractivity (Wildman–Crippen MR) is 97.2 cm³/mol. The number of ether oxygens (including phenoxy) is 2. The number of nitrogens with one attached hydrogen (secondary N) is 1. The number of hydrogen-bond donors (Lipinski definition) is 3. The Labute approximate surface area is 149 Å². The molecule has 0 spiro atoms. The Kier molecular flexibility index (Phi) is 4.78. The summed E-state index contributed by atoms with van der Waals surface area (Å²) in [7, 11) is 1.59. The minimum atomic E-state index is -0.382. The first-order chi connectivity index (χ1) is 12.5. The van der Waals surface area contributed by atoms with Gasteiger partial charge in [-0.25, -0.2) is 9.97 Å². The highest BCUT2D eigenvalue weighted by Gasteiger charge is 2.12. The summed E-state index contributed by atoms with van der Waals surface area (Å²) < 4.78 is 11.9. The molecule has 0 atom stereocenters. The molecule has 0 fully saturated rings. The van der Waals surface area contributed by atoms with Crippen LogP contribution in [0.15, 0.2) is 36.3 Å². The molecule has 9 heteroatoms. The lowest BCUT2D eigenvalue weighted by molar-refractivity contribution is -0.140. The lowest BCUT2D eigenvalue weighted by atomic mass is 10.2. The summed E-state index contributed by atoms with van der Waals surface area (Å²) in [4.78, 5) is 19.8. The SMILES string of the molecule is COc1cccc2c1nc(N)n1cc(CN/C=C(\N)COC(C)=O)nc21. The van der Waals surface area contributed by atoms with Crippen molar-refractivity contribution in [1.29, 1.82) is 0 Å². The summed E-state index contributed by atoms with van der Waals surface area (Å²) in [5, 5.41) is 3.88. The van der Waals surface area contributed by atoms with Crippen molar-refractivity contribution in [2.45, 2.75) is 13.5 Å². The highest BCUT2D eigenvalue weighted by molar-refractivity contribution is 5.96. The minimum absolute atomic E-state index is 0.0365. The Morgan fingerprint density at radius 1 is 1.38 bits per heavy atom. The quantitative estimate of drug-likeness (QED) is 0.556. The third-order valence-electron chi connectivity index (χ3n) is 3.70. The number of fused-ring (bicyclic) bond motifs is 3. The van der Waals surface area contributed by atoms with Crippen molar-refractivity contribution in [2.24, 2.45) is 5.73 Å². The monoisotopic (exact) mass is 356 g/mol. The van der Waals surface area contributed by atoms with E-state index in [0.717, 1.165) is 11.1 Å². The summed E-state index contributed by atoms with van der Waals surface area (Å²) >= 11 is 0. The van der Waals surface area contributed by atoms with Crippen molar-refractivity contribution in [2.75, 3.05) is 19.5 Å². The fourth-order valence-corrected chi connectivity index (χ4v) is 2.54. The Balaban J connectivity index is 1.85. The summed E-state index contributed by atoms with van der Waals surface area (Å²) in [5.74, 6) is 0.577. The highest BCUT2D eigenvalue weighted by Crippen LogP contribution is 2.27. The van der Waals surface area contributed by atoms with Gasteiger partial charge in [-0.05, 0) is 12.1 Å². The molecule has 0 unspecified atom stereocenters. The van der Waals surface area contributed by atoms with E-state index in [-0.39, 0.29) is 12.6 Å². The van der Waals surface area contributed by atoms with Gasteiger partial charge in [-0.1, -0.05) is 6.07 Å². The molecule has 0 aliphatic rings. The molecule has 0 amide bonds. The van der Waals surface area contributed by atoms with Gasteiger partial charge in [-0.15, -0.1) is 0 Å². The van der Waals surface area contributed by atoms with Crippen LogP contribution in [0.3, 0.4) is 0 Å². The van der Waals surface area contributed by atoms with Crippen molar-refractivity contribution >= 4 is 28.5 Å². The fourth-order valence-electron chi connectivity index (χ4n) is 2.54. The van der Waals surface area contributed by atoms with Gasteiger partial charge >= 0.3 is 5.97 Å². The van der Waals surface area contributed by atoms with E-state index in [2.05, 4.69) is 15.3 Å². The molecule has 9 nitrogen and oxygen atoms in total. The zero-order valence-electron chi connectivity index (χ0n) is 14.5. The lowest BCUT2D eigenvalue weighted by Gasteiger charge is -2.07. The van der Waals surface area contributed by atoms with Crippen LogP contribution in [-0.4, -0.2) is 34.1 Å². The van der Waals surface area contributed by atoms with Crippen LogP contribution in [0.4, 0.5) is 5.95 Å². The van der Waals surface area contributed by atoms with Gasteiger partial charge < -0.3 is 26.3 Å². The molecular weight excluding hydrogens is 336 g/mol. The van der Waals surface area contributed by atoms with Gasteiger partial charge in [-0.3, -0.25) is 9.20 Å². The van der Waals surface area contributed by atoms with Gasteiger partial charge in [-0.2, -0.15) is 0 Å². The zero-order chi connectivity index (χ0) is 18.7. The number of benzene rings is 1. The number of anilines is 1. The van der Waals surface area contributed by atoms with Crippen molar-refractivity contribution in [3.63, 3.8) is 0 Å². The van der Waals surface area contributed by atoms with Crippen LogP contribution in [0.25, 0.3) is 16.6 Å². The number of rotatable bonds is 6. The lowest BCUT2D eigenvalue weighted by Crippen LogP contribution is -2.14. The van der Waals surface area contributed by atoms with E-state index < -0.39 is 0 Å². The third kappa shape index (κ3) is 3.46. The number of para-hydroxylation sites is 1. The first-order valence-corrected chi connectivity index (χ1v) is 7.91. The average Bonchev–Trinajstić information content (AvgIpc) is 3.04. The predicted octanol–water partition coefficient (Wildman–Crippen LogP) is 0.926. The van der Waals surface area contributed by atoms with Crippen molar-refractivity contribution < 1.29 is 14.3 Å². The molecular formula is C17H20N6O3. The topological polar surface area (TPSA) is 130 Å². The van der Waals surface area contributed by atoms with Crippen LogP contribution in [0.1, 0.15) is 12.6 Å². The highest BCUT2D eigenvalue weighted by atomic mass is 16.5. The normalized spacial score (nSPS) is 11.7. The second-order valence-electron chi connectivity index (χ2n) is 5.63. The van der Waals surface area contributed by atoms with Crippen LogP contribution < -0.4 is 21.5 Å². The number of esters is 1. The molecule has 3 rings (SSSR count). The van der Waals surface area contributed by atoms with E-state index in [9.17, 15) is 4.79 Å². The van der Waals surface area contributed by atoms with Gasteiger partial charge in [0.2, 0.25) is 5.95 Å². The van der Waals surface area contributed by atoms with E-state index in [0.29, 0.717) is 35.1 Å². The molecule has 2 aromatic heterocycles. The van der Waals surface area contributed by atoms with Gasteiger partial charge in [0.15, 0.2) is 0 Å². The molecule has 2 heterocycles. The van der Waals surface area contributed by atoms with E-state index in [4.69, 9.17) is 20.9 Å². The summed E-state index contributed by atoms with van der Waals surface area (Å²) in [6.45, 7) is 1.79. The maximum atomic E-state index is 10.8. The molecule has 136 valence electrons. The molecule has 26 heavy (non-hydrogen) atoms. The number of aromatic nitrogens is 3. The second-order valence-corrected chi connectivity index (χ2v) is 5.63. The Morgan fingerprint density at radius 3 is 2.92 bits per heavy atom. The van der Waals surface area contributed by atoms with Crippen LogP contribution in [0.2, 0.25) is 0 Å². The Hall–Kier alpha value is -3.49. The smallest absolute Gasteiger partial charge is 0.303 e. The fraction of sp³-hybridized carbons (Fsp3) is 0.235. The second kappa shape index (κ2) is 7.18. The maximum Gasteiger partial charge on any atom is 0.303 e. The molecule has 0 aliphatic carbocycles. The molecule has 1 aromatic carbocycles. The van der Waals surface area contributed by atoms with Crippen molar-refractivity contribution in [3.8, 4) is 5.75 Å². The number of nitrogen functional groups attached to an aromatic ring is 1. The number of imidazole rings is 1. The number of hydrogen-bond acceptors (Lipinski definition) is 8. The van der Waals surface area contributed by atoms with E-state index in [1.54, 1.807) is 23.9 Å². The average molecular weight is 356 g/mol. The van der Waals surface area contributed by atoms with Crippen LogP contribution >= 0.6 is 0 Å². The van der Waals surface area contributed by atoms with Gasteiger partial charge in [0.25, 0.3) is 0 Å². The van der Waals surface area contributed by atoms with Gasteiger partial charge in [0.05, 0.1) is 25.0 Å². The molecule has 0 radical (unpaired) electrons. The summed E-state index contributed by atoms with van der Waals surface area (Å²) in [6, 6.07) is 5.62. The van der Waals surface area contributed by atoms with E-state index in [1.807, 2.05) is 18.2 Å². The minimum Gasteiger partial charge on any atom is -0.494 e. The van der Waals surface area contributed by atoms with Crippen LogP contribution in [0.5, 0.6) is 5.75 Å². The molecule has 5 N–H and O–H groups in total. The first-order valence-electron chi connectivity index (χ1n) is 7.91. The third-order valence-corrected chi connectivity index (χ3v) is 3.70. The largest absolute Gasteiger partial charge is 0.494 e. The van der Waals surface area contributed by atoms with E-state index in [1.165, 1.54) is 6.92 Å². The first kappa shape index (κ1) is 17.3. The Morgan fingerprint density at radius 2 is 2.19 bits per heavy atom. The van der Waals surface area contributed by atoms with Gasteiger partial charge in [0, 0.05) is 24.7 Å². The molecule has 0 aliphatic heterocycles. The molecule has 0 saturated heterocycles. The van der Waals surface area contributed by atoms with Crippen LogP contribution in [0, 0.1) is 0 Å². The molecule has 0 saturated carbocycles. The Bertz CT molecular complexity index is 995. The number of nitrogens with zero attached hydrogens (tertiary/aromatic N) is 3. The standard InChI is InChI=1S/C17H20N6O3/c1-10(24)26-9-11(18)6-20-7-12-8-23-16(21-12)13-4-3-5-14(25-2)15(13)22-17(23)19/h3-6,8,20H,7,9,18H2,1-2H3,(H2,19,22)/b11-6-. The van der Waals surface area contributed by atoms with Crippen molar-refractivity contribution in [3.05, 3.63) is 42.0 Å². The number of carbonyl (C=O) groups is 1. The number of nitrogens with two attached hydrogens (primary N) is 2. The number of methoxy groups -OCH3 is 1. The van der Waals surface area contributed by atoms with E-state index >= 15 is 0 Å². The zero-order valence-corrected chi connectivity index (χ0v) is 14.5.